The second kappa shape index (κ2) is 10.1. The minimum Gasteiger partial charge on any atom is -0.466 e. The summed E-state index contributed by atoms with van der Waals surface area (Å²) >= 11 is 1.85. The highest BCUT2D eigenvalue weighted by atomic mass is 32.2. The summed E-state index contributed by atoms with van der Waals surface area (Å²) in [6.07, 6.45) is 1.61. The van der Waals surface area contributed by atoms with Gasteiger partial charge in [-0.15, -0.1) is 0 Å². The van der Waals surface area contributed by atoms with E-state index in [2.05, 4.69) is 38.8 Å². The molecule has 1 aromatic rings. The molecule has 1 saturated heterocycles. The molecule has 2 heterocycles. The fourth-order valence-corrected chi connectivity index (χ4v) is 4.94. The number of hydrogen-bond donors (Lipinski definition) is 0. The lowest BCUT2D eigenvalue weighted by Crippen LogP contribution is -2.51. The predicted octanol–water partition coefficient (Wildman–Crippen LogP) is 3.77. The number of rotatable bonds is 7. The Morgan fingerprint density at radius 3 is 2.72 bits per heavy atom. The first-order valence-electron chi connectivity index (χ1n) is 10.2. The third-order valence-electron chi connectivity index (χ3n) is 5.67. The molecule has 1 amide bonds. The van der Waals surface area contributed by atoms with E-state index in [0.29, 0.717) is 31.0 Å². The van der Waals surface area contributed by atoms with Gasteiger partial charge in [-0.3, -0.25) is 14.6 Å². The quantitative estimate of drug-likeness (QED) is 0.477. The van der Waals surface area contributed by atoms with E-state index in [4.69, 9.17) is 9.16 Å². The zero-order chi connectivity index (χ0) is 21.7. The molecule has 1 aromatic heterocycles. The molecule has 8 heteroatoms. The Morgan fingerprint density at radius 2 is 2.07 bits per heavy atom. The summed E-state index contributed by atoms with van der Waals surface area (Å²) in [7, 11) is -1.90. The van der Waals surface area contributed by atoms with Crippen molar-refractivity contribution in [2.75, 3.05) is 31.3 Å². The summed E-state index contributed by atoms with van der Waals surface area (Å²) in [5.41, 5.74) is 0.947. The Kier molecular flexibility index (Phi) is 8.31. The van der Waals surface area contributed by atoms with E-state index in [-0.39, 0.29) is 29.4 Å². The van der Waals surface area contributed by atoms with Gasteiger partial charge in [-0.25, -0.2) is 0 Å². The number of pyridine rings is 1. The van der Waals surface area contributed by atoms with E-state index >= 15 is 0 Å². The van der Waals surface area contributed by atoms with E-state index in [0.717, 1.165) is 11.5 Å². The summed E-state index contributed by atoms with van der Waals surface area (Å²) in [6, 6.07) is 3.50. The normalized spacial score (nSPS) is 17.9. The third kappa shape index (κ3) is 6.30. The summed E-state index contributed by atoms with van der Waals surface area (Å²) in [5.74, 6) is 1.30. The number of nitrogens with zero attached hydrogens (tertiary/aromatic N) is 2. The zero-order valence-corrected chi connectivity index (χ0v) is 20.3. The number of thioether (sulfide) groups is 1. The van der Waals surface area contributed by atoms with Crippen molar-refractivity contribution in [1.29, 1.82) is 0 Å². The molecule has 1 fully saturated rings. The number of aromatic nitrogens is 1. The first-order valence-corrected chi connectivity index (χ1v) is 14.3. The summed E-state index contributed by atoms with van der Waals surface area (Å²) in [4.78, 5) is 31.5. The highest BCUT2D eigenvalue weighted by Crippen LogP contribution is 2.37. The van der Waals surface area contributed by atoms with Gasteiger partial charge in [0, 0.05) is 24.2 Å². The highest BCUT2D eigenvalue weighted by Gasteiger charge is 2.39. The molecule has 1 atom stereocenters. The van der Waals surface area contributed by atoms with Crippen LogP contribution in [0.4, 0.5) is 0 Å². The van der Waals surface area contributed by atoms with Crippen LogP contribution < -0.4 is 0 Å². The van der Waals surface area contributed by atoms with Crippen molar-refractivity contribution >= 4 is 32.0 Å². The maximum absolute atomic E-state index is 13.4. The molecule has 0 saturated carbocycles. The number of esters is 1. The fraction of sp³-hybridized carbons (Fsp3) is 0.667. The predicted molar refractivity (Wildman–Crippen MR) is 120 cm³/mol. The number of hydrogen-bond acceptors (Lipinski definition) is 6. The van der Waals surface area contributed by atoms with E-state index in [1.54, 1.807) is 25.3 Å². The molecule has 2 rings (SSSR count). The van der Waals surface area contributed by atoms with Crippen LogP contribution >= 0.6 is 11.8 Å². The van der Waals surface area contributed by atoms with Gasteiger partial charge in [0.05, 0.1) is 36.9 Å². The van der Waals surface area contributed by atoms with Gasteiger partial charge in [0.1, 0.15) is 0 Å². The average molecular weight is 439 g/mol. The Balaban J connectivity index is 2.17. The molecule has 0 N–H and O–H groups in total. The number of amides is 1. The van der Waals surface area contributed by atoms with Gasteiger partial charge in [-0.05, 0) is 37.2 Å². The number of ether oxygens (including phenoxy) is 1. The van der Waals surface area contributed by atoms with E-state index < -0.39 is 8.32 Å². The van der Waals surface area contributed by atoms with E-state index in [1.165, 1.54) is 0 Å². The Morgan fingerprint density at radius 1 is 1.34 bits per heavy atom. The van der Waals surface area contributed by atoms with Gasteiger partial charge in [-0.2, -0.15) is 11.8 Å². The highest BCUT2D eigenvalue weighted by molar-refractivity contribution is 7.99. The first-order chi connectivity index (χ1) is 13.6. The van der Waals surface area contributed by atoms with Crippen LogP contribution in [0.3, 0.4) is 0 Å². The topological polar surface area (TPSA) is 68.7 Å². The van der Waals surface area contributed by atoms with Crippen LogP contribution in [0.25, 0.3) is 0 Å². The minimum atomic E-state index is -1.90. The second-order valence-corrected chi connectivity index (χ2v) is 14.7. The van der Waals surface area contributed by atoms with Crippen molar-refractivity contribution < 1.29 is 18.8 Å². The summed E-state index contributed by atoms with van der Waals surface area (Å²) in [6.45, 7) is 14.4. The average Bonchev–Trinajstić information content (AvgIpc) is 2.66. The second-order valence-electron chi connectivity index (χ2n) is 8.78. The van der Waals surface area contributed by atoms with Crippen LogP contribution in [0.2, 0.25) is 18.1 Å². The van der Waals surface area contributed by atoms with Crippen LogP contribution in [-0.4, -0.2) is 67.4 Å². The van der Waals surface area contributed by atoms with Crippen LogP contribution in [0.1, 0.15) is 43.7 Å². The maximum atomic E-state index is 13.4. The molecular formula is C21H34N2O4SSi. The smallest absolute Gasteiger partial charge is 0.311 e. The molecule has 0 bridgehead atoms. The monoisotopic (exact) mass is 438 g/mol. The fourth-order valence-electron chi connectivity index (χ4n) is 2.86. The van der Waals surface area contributed by atoms with Crippen molar-refractivity contribution in [3.05, 3.63) is 29.6 Å². The molecule has 1 aliphatic rings. The van der Waals surface area contributed by atoms with Crippen molar-refractivity contribution in [1.82, 2.24) is 9.88 Å². The molecule has 0 spiro atoms. The van der Waals surface area contributed by atoms with E-state index in [1.807, 2.05) is 16.7 Å². The van der Waals surface area contributed by atoms with Crippen molar-refractivity contribution in [2.45, 2.75) is 58.3 Å². The summed E-state index contributed by atoms with van der Waals surface area (Å²) < 4.78 is 11.5. The Bertz CT molecular complexity index is 721. The molecule has 29 heavy (non-hydrogen) atoms. The maximum Gasteiger partial charge on any atom is 0.311 e. The van der Waals surface area contributed by atoms with Gasteiger partial charge in [0.2, 0.25) is 0 Å². The number of carbonyl (C=O) groups is 2. The molecule has 1 aliphatic heterocycles. The van der Waals surface area contributed by atoms with Crippen LogP contribution in [-0.2, 0) is 20.4 Å². The van der Waals surface area contributed by atoms with Crippen LogP contribution in [0, 0.1) is 0 Å². The van der Waals surface area contributed by atoms with Gasteiger partial charge >= 0.3 is 5.97 Å². The SMILES string of the molecule is CCOC(=O)Cc1ncccc1C(=O)N1CCSCC1CO[Si](C)(C)C(C)(C)C. The standard InChI is InChI=1S/C21H34N2O4SSi/c1-7-26-19(24)13-18-17(9-8-10-22-18)20(25)23-11-12-28-15-16(23)14-27-29(5,6)21(2,3)4/h8-10,16H,7,11-15H2,1-6H3. The van der Waals surface area contributed by atoms with Crippen molar-refractivity contribution in [2.24, 2.45) is 0 Å². The Hall–Kier alpha value is -1.38. The third-order valence-corrected chi connectivity index (χ3v) is 11.3. The lowest BCUT2D eigenvalue weighted by atomic mass is 10.1. The molecule has 0 aliphatic carbocycles. The molecular weight excluding hydrogens is 404 g/mol. The van der Waals surface area contributed by atoms with Gasteiger partial charge in [-0.1, -0.05) is 20.8 Å². The Labute approximate surface area is 179 Å². The summed E-state index contributed by atoms with van der Waals surface area (Å²) in [5, 5.41) is 0.125. The van der Waals surface area contributed by atoms with Crippen LogP contribution in [0.15, 0.2) is 18.3 Å². The molecule has 0 radical (unpaired) electrons. The van der Waals surface area contributed by atoms with E-state index in [9.17, 15) is 9.59 Å². The van der Waals surface area contributed by atoms with Crippen LogP contribution in [0.5, 0.6) is 0 Å². The largest absolute Gasteiger partial charge is 0.466 e. The zero-order valence-electron chi connectivity index (χ0n) is 18.5. The minimum absolute atomic E-state index is 0.00345. The molecule has 162 valence electrons. The lowest BCUT2D eigenvalue weighted by Gasteiger charge is -2.41. The van der Waals surface area contributed by atoms with Gasteiger partial charge in [0.15, 0.2) is 8.32 Å². The first kappa shape index (κ1) is 23.9. The number of carbonyl (C=O) groups excluding carboxylic acids is 2. The van der Waals surface area contributed by atoms with Gasteiger partial charge < -0.3 is 14.1 Å². The van der Waals surface area contributed by atoms with Crippen molar-refractivity contribution in [3.63, 3.8) is 0 Å². The lowest BCUT2D eigenvalue weighted by molar-refractivity contribution is -0.142. The van der Waals surface area contributed by atoms with Crippen molar-refractivity contribution in [3.8, 4) is 0 Å². The molecule has 6 nitrogen and oxygen atoms in total. The molecule has 0 aromatic carbocycles. The molecule has 1 unspecified atom stereocenters. The van der Waals surface area contributed by atoms with Gasteiger partial charge in [0.25, 0.3) is 5.91 Å².